The lowest BCUT2D eigenvalue weighted by atomic mass is 10.0. The number of para-hydroxylation sites is 1. The fraction of sp³-hybridized carbons (Fsp3) is 0.0455. The van der Waals surface area contributed by atoms with Crippen molar-refractivity contribution in [2.75, 3.05) is 5.32 Å². The van der Waals surface area contributed by atoms with Crippen LogP contribution in [0.2, 0.25) is 5.02 Å². The number of aromatic amines is 1. The van der Waals surface area contributed by atoms with Gasteiger partial charge in [-0.3, -0.25) is 14.6 Å². The third-order valence-corrected chi connectivity index (χ3v) is 4.85. The molecule has 4 rings (SSSR count). The summed E-state index contributed by atoms with van der Waals surface area (Å²) in [5.41, 5.74) is 3.20. The van der Waals surface area contributed by atoms with Crippen molar-refractivity contribution >= 4 is 39.9 Å². The number of rotatable bonds is 5. The highest BCUT2D eigenvalue weighted by Crippen LogP contribution is 2.27. The van der Waals surface area contributed by atoms with Crippen LogP contribution < -0.4 is 5.32 Å². The number of benzene rings is 2. The molecular weight excluding hydrogens is 374 g/mol. The van der Waals surface area contributed by atoms with Gasteiger partial charge in [-0.15, -0.1) is 0 Å². The van der Waals surface area contributed by atoms with Gasteiger partial charge < -0.3 is 10.3 Å². The summed E-state index contributed by atoms with van der Waals surface area (Å²) < 4.78 is 0. The highest BCUT2D eigenvalue weighted by Gasteiger charge is 2.24. The van der Waals surface area contributed by atoms with Gasteiger partial charge in [-0.2, -0.15) is 0 Å². The second-order valence-electron chi connectivity index (χ2n) is 6.31. The molecule has 28 heavy (non-hydrogen) atoms. The van der Waals surface area contributed by atoms with Crippen LogP contribution in [0.5, 0.6) is 0 Å². The maximum atomic E-state index is 13.0. The fourth-order valence-corrected chi connectivity index (χ4v) is 3.36. The highest BCUT2D eigenvalue weighted by molar-refractivity contribution is 6.48. The number of aromatic nitrogens is 2. The molecule has 2 heterocycles. The molecule has 0 aliphatic carbocycles. The van der Waals surface area contributed by atoms with Crippen molar-refractivity contribution in [2.24, 2.45) is 0 Å². The highest BCUT2D eigenvalue weighted by atomic mass is 35.5. The van der Waals surface area contributed by atoms with Gasteiger partial charge in [-0.1, -0.05) is 48.0 Å². The summed E-state index contributed by atoms with van der Waals surface area (Å²) in [6, 6.07) is 18.1. The number of fused-ring (bicyclic) bond motifs is 1. The first-order valence-corrected chi connectivity index (χ1v) is 9.10. The van der Waals surface area contributed by atoms with Crippen LogP contribution >= 0.6 is 11.6 Å². The van der Waals surface area contributed by atoms with Crippen molar-refractivity contribution in [1.29, 1.82) is 0 Å². The van der Waals surface area contributed by atoms with Crippen molar-refractivity contribution < 1.29 is 9.59 Å². The first-order valence-electron chi connectivity index (χ1n) is 8.72. The molecule has 0 saturated carbocycles. The number of hydrogen-bond acceptors (Lipinski definition) is 3. The van der Waals surface area contributed by atoms with Crippen LogP contribution in [0.3, 0.4) is 0 Å². The number of pyridine rings is 1. The number of amides is 1. The maximum Gasteiger partial charge on any atom is 0.296 e. The molecule has 138 valence electrons. The Morgan fingerprint density at radius 3 is 2.46 bits per heavy atom. The Bertz CT molecular complexity index is 1170. The van der Waals surface area contributed by atoms with Crippen molar-refractivity contribution in [3.05, 3.63) is 94.9 Å². The van der Waals surface area contributed by atoms with E-state index < -0.39 is 11.7 Å². The van der Waals surface area contributed by atoms with Crippen molar-refractivity contribution in [3.63, 3.8) is 0 Å². The number of ketones is 1. The predicted molar refractivity (Wildman–Crippen MR) is 110 cm³/mol. The molecule has 5 nitrogen and oxygen atoms in total. The molecule has 0 atom stereocenters. The van der Waals surface area contributed by atoms with Gasteiger partial charge in [0.25, 0.3) is 11.7 Å². The van der Waals surface area contributed by atoms with E-state index in [0.29, 0.717) is 33.8 Å². The number of carbonyl (C=O) groups is 2. The first-order chi connectivity index (χ1) is 13.6. The Morgan fingerprint density at radius 2 is 1.68 bits per heavy atom. The van der Waals surface area contributed by atoms with E-state index in [9.17, 15) is 9.59 Å². The molecule has 0 radical (unpaired) electrons. The van der Waals surface area contributed by atoms with E-state index in [4.69, 9.17) is 11.6 Å². The lowest BCUT2D eigenvalue weighted by Gasteiger charge is -2.07. The van der Waals surface area contributed by atoms with E-state index in [1.807, 2.05) is 42.5 Å². The quantitative estimate of drug-likeness (QED) is 0.386. The van der Waals surface area contributed by atoms with Gasteiger partial charge in [-0.05, 0) is 29.8 Å². The molecule has 0 unspecified atom stereocenters. The normalized spacial score (nSPS) is 10.8. The van der Waals surface area contributed by atoms with Crippen molar-refractivity contribution in [2.45, 2.75) is 6.42 Å². The van der Waals surface area contributed by atoms with E-state index in [1.165, 1.54) is 0 Å². The largest absolute Gasteiger partial charge is 0.357 e. The number of H-pyrrole nitrogens is 1. The van der Waals surface area contributed by atoms with E-state index in [1.54, 1.807) is 30.6 Å². The molecule has 4 aromatic rings. The predicted octanol–water partition coefficient (Wildman–Crippen LogP) is 4.63. The molecule has 2 N–H and O–H groups in total. The van der Waals surface area contributed by atoms with Gasteiger partial charge in [-0.25, -0.2) is 0 Å². The minimum Gasteiger partial charge on any atom is -0.357 e. The Labute approximate surface area is 166 Å². The zero-order chi connectivity index (χ0) is 19.5. The number of nitrogens with zero attached hydrogens (tertiary/aromatic N) is 1. The monoisotopic (exact) mass is 389 g/mol. The zero-order valence-electron chi connectivity index (χ0n) is 14.8. The van der Waals surface area contributed by atoms with Gasteiger partial charge >= 0.3 is 0 Å². The molecule has 0 saturated heterocycles. The Balaban J connectivity index is 1.73. The molecular formula is C22H16ClN3O2. The first kappa shape index (κ1) is 17.9. The summed E-state index contributed by atoms with van der Waals surface area (Å²) in [7, 11) is 0. The zero-order valence-corrected chi connectivity index (χ0v) is 15.5. The Morgan fingerprint density at radius 1 is 0.964 bits per heavy atom. The fourth-order valence-electron chi connectivity index (χ4n) is 3.16. The molecule has 6 heteroatoms. The van der Waals surface area contributed by atoms with Crippen LogP contribution in [0.4, 0.5) is 5.69 Å². The second-order valence-corrected chi connectivity index (χ2v) is 6.72. The van der Waals surface area contributed by atoms with Crippen LogP contribution in [0, 0.1) is 0 Å². The summed E-state index contributed by atoms with van der Waals surface area (Å²) in [5.74, 6) is -1.30. The standard InChI is InChI=1S/C22H16ClN3O2/c23-17-7-3-1-5-14(17)13-19-20(16-6-2-4-8-18(16)26-19)21(27)22(28)25-15-9-11-24-12-10-15/h1-12,26H,13H2,(H,24,25,28). The smallest absolute Gasteiger partial charge is 0.296 e. The average molecular weight is 390 g/mol. The van der Waals surface area contributed by atoms with Gasteiger partial charge in [0.2, 0.25) is 0 Å². The molecule has 2 aromatic heterocycles. The van der Waals surface area contributed by atoms with E-state index in [2.05, 4.69) is 15.3 Å². The average Bonchev–Trinajstić information content (AvgIpc) is 3.07. The molecule has 0 aliphatic heterocycles. The summed E-state index contributed by atoms with van der Waals surface area (Å²) >= 11 is 6.29. The van der Waals surface area contributed by atoms with Gasteiger partial charge in [0.05, 0.1) is 5.56 Å². The number of carbonyl (C=O) groups excluding carboxylic acids is 2. The lowest BCUT2D eigenvalue weighted by molar-refractivity contribution is -0.112. The summed E-state index contributed by atoms with van der Waals surface area (Å²) in [5, 5.41) is 3.95. The third kappa shape index (κ3) is 3.52. The summed E-state index contributed by atoms with van der Waals surface area (Å²) in [6.45, 7) is 0. The van der Waals surface area contributed by atoms with E-state index in [0.717, 1.165) is 11.1 Å². The van der Waals surface area contributed by atoms with E-state index in [-0.39, 0.29) is 0 Å². The summed E-state index contributed by atoms with van der Waals surface area (Å²) in [6.07, 6.45) is 3.52. The van der Waals surface area contributed by atoms with Crippen LogP contribution in [0.25, 0.3) is 10.9 Å². The SMILES string of the molecule is O=C(Nc1ccncc1)C(=O)c1c(Cc2ccccc2Cl)[nH]c2ccccc12. The Kier molecular flexibility index (Phi) is 4.91. The molecule has 2 aromatic carbocycles. The van der Waals surface area contributed by atoms with Crippen LogP contribution in [-0.2, 0) is 11.2 Å². The number of anilines is 1. The number of Topliss-reactive ketones (excluding diaryl/α,β-unsaturated/α-hetero) is 1. The molecule has 0 spiro atoms. The van der Waals surface area contributed by atoms with Gasteiger partial charge in [0, 0.05) is 46.1 Å². The molecule has 0 aliphatic rings. The lowest BCUT2D eigenvalue weighted by Crippen LogP contribution is -2.23. The maximum absolute atomic E-state index is 13.0. The number of halogens is 1. The number of hydrogen-bond donors (Lipinski definition) is 2. The minimum absolute atomic E-state index is 0.363. The van der Waals surface area contributed by atoms with Gasteiger partial charge in [0.1, 0.15) is 0 Å². The topological polar surface area (TPSA) is 74.8 Å². The van der Waals surface area contributed by atoms with Crippen LogP contribution in [0.1, 0.15) is 21.6 Å². The summed E-state index contributed by atoms with van der Waals surface area (Å²) in [4.78, 5) is 32.8. The molecule has 0 fully saturated rings. The molecule has 1 amide bonds. The van der Waals surface area contributed by atoms with Gasteiger partial charge in [0.15, 0.2) is 0 Å². The minimum atomic E-state index is -0.698. The molecule has 0 bridgehead atoms. The van der Waals surface area contributed by atoms with Crippen molar-refractivity contribution in [1.82, 2.24) is 9.97 Å². The number of nitrogens with one attached hydrogen (secondary N) is 2. The third-order valence-electron chi connectivity index (χ3n) is 4.48. The van der Waals surface area contributed by atoms with Crippen molar-refractivity contribution in [3.8, 4) is 0 Å². The Hall–Kier alpha value is -3.44. The van der Waals surface area contributed by atoms with E-state index >= 15 is 0 Å². The van der Waals surface area contributed by atoms with Crippen LogP contribution in [-0.4, -0.2) is 21.7 Å². The van der Waals surface area contributed by atoms with Crippen LogP contribution in [0.15, 0.2) is 73.1 Å². The second kappa shape index (κ2) is 7.66.